The Morgan fingerprint density at radius 3 is 2.39 bits per heavy atom. The Morgan fingerprint density at radius 1 is 1.35 bits per heavy atom. The number of sulfone groups is 1. The second-order valence-corrected chi connectivity index (χ2v) is 8.16. The number of nitrogens with zero attached hydrogens (tertiary/aromatic N) is 2. The van der Waals surface area contributed by atoms with Crippen molar-refractivity contribution in [3.05, 3.63) is 0 Å². The first kappa shape index (κ1) is 22.1. The molecular formula is C14H27ClN2O5S. The van der Waals surface area contributed by atoms with Crippen LogP contribution in [-0.4, -0.2) is 78.9 Å². The maximum absolute atomic E-state index is 12.5. The number of hydrogen-bond acceptors (Lipinski definition) is 5. The minimum Gasteiger partial charge on any atom is -0.480 e. The molecule has 1 fully saturated rings. The molecule has 7 nitrogen and oxygen atoms in total. The van der Waals surface area contributed by atoms with E-state index in [4.69, 9.17) is 5.11 Å². The molecule has 1 saturated heterocycles. The Morgan fingerprint density at radius 2 is 1.96 bits per heavy atom. The van der Waals surface area contributed by atoms with Crippen molar-refractivity contribution < 1.29 is 23.1 Å². The fraction of sp³-hybridized carbons (Fsp3) is 0.857. The molecule has 1 rings (SSSR count). The lowest BCUT2D eigenvalue weighted by Crippen LogP contribution is -2.48. The molecule has 1 heterocycles. The maximum atomic E-state index is 12.5. The van der Waals surface area contributed by atoms with Crippen LogP contribution >= 0.6 is 12.4 Å². The Labute approximate surface area is 144 Å². The average Bonchev–Trinajstić information content (AvgIpc) is 2.78. The summed E-state index contributed by atoms with van der Waals surface area (Å²) in [5.41, 5.74) is 0. The molecule has 0 aromatic rings. The Balaban J connectivity index is 0.00000484. The third kappa shape index (κ3) is 6.64. The summed E-state index contributed by atoms with van der Waals surface area (Å²) < 4.78 is 23.3. The van der Waals surface area contributed by atoms with Crippen molar-refractivity contribution in [2.75, 3.05) is 31.6 Å². The molecule has 9 heteroatoms. The Hall–Kier alpha value is -0.860. The third-order valence-electron chi connectivity index (χ3n) is 4.13. The number of rotatable bonds is 8. The van der Waals surface area contributed by atoms with E-state index in [1.165, 1.54) is 11.8 Å². The zero-order valence-electron chi connectivity index (χ0n) is 13.9. The molecule has 0 aliphatic carbocycles. The van der Waals surface area contributed by atoms with Crippen molar-refractivity contribution in [2.24, 2.45) is 0 Å². The van der Waals surface area contributed by atoms with Gasteiger partial charge in [-0.3, -0.25) is 14.5 Å². The highest BCUT2D eigenvalue weighted by molar-refractivity contribution is 7.91. The van der Waals surface area contributed by atoms with Gasteiger partial charge in [0.1, 0.15) is 6.04 Å². The normalized spacial score (nSPS) is 20.8. The molecule has 23 heavy (non-hydrogen) atoms. The number of hydrogen-bond donors (Lipinski definition) is 1. The van der Waals surface area contributed by atoms with Crippen molar-refractivity contribution in [1.29, 1.82) is 0 Å². The van der Waals surface area contributed by atoms with Crippen LogP contribution in [0.15, 0.2) is 0 Å². The van der Waals surface area contributed by atoms with Gasteiger partial charge in [0.2, 0.25) is 5.91 Å². The highest BCUT2D eigenvalue weighted by Crippen LogP contribution is 2.19. The smallest absolute Gasteiger partial charge is 0.320 e. The number of carboxylic acids is 1. The number of carbonyl (C=O) groups is 2. The number of likely N-dealkylation sites (N-methyl/N-ethyl adjacent to an activating group) is 1. The second-order valence-electron chi connectivity index (χ2n) is 5.93. The lowest BCUT2D eigenvalue weighted by atomic mass is 10.2. The second kappa shape index (κ2) is 9.44. The Bertz CT molecular complexity index is 511. The summed E-state index contributed by atoms with van der Waals surface area (Å²) in [4.78, 5) is 26.5. The van der Waals surface area contributed by atoms with Gasteiger partial charge in [0, 0.05) is 12.6 Å². The van der Waals surface area contributed by atoms with Crippen molar-refractivity contribution in [3.8, 4) is 0 Å². The number of aliphatic carboxylic acids is 1. The maximum Gasteiger partial charge on any atom is 0.320 e. The van der Waals surface area contributed by atoms with Gasteiger partial charge in [-0.25, -0.2) is 8.42 Å². The first-order valence-corrected chi connectivity index (χ1v) is 9.43. The van der Waals surface area contributed by atoms with Gasteiger partial charge in [-0.05, 0) is 26.8 Å². The van der Waals surface area contributed by atoms with Crippen LogP contribution in [0.3, 0.4) is 0 Å². The molecule has 1 amide bonds. The summed E-state index contributed by atoms with van der Waals surface area (Å²) in [6, 6.07) is -1.04. The van der Waals surface area contributed by atoms with Gasteiger partial charge < -0.3 is 10.0 Å². The number of unbranched alkanes of at least 4 members (excludes halogenated alkanes) is 1. The monoisotopic (exact) mass is 370 g/mol. The predicted octanol–water partition coefficient (Wildman–Crippen LogP) is 0.629. The highest BCUT2D eigenvalue weighted by Gasteiger charge is 2.35. The van der Waals surface area contributed by atoms with E-state index >= 15 is 0 Å². The molecule has 0 bridgehead atoms. The molecule has 1 N–H and O–H groups in total. The van der Waals surface area contributed by atoms with Gasteiger partial charge in [0.25, 0.3) is 0 Å². The van der Waals surface area contributed by atoms with E-state index in [9.17, 15) is 18.0 Å². The van der Waals surface area contributed by atoms with E-state index in [2.05, 4.69) is 0 Å². The van der Waals surface area contributed by atoms with Crippen molar-refractivity contribution in [2.45, 2.75) is 45.2 Å². The summed E-state index contributed by atoms with van der Waals surface area (Å²) in [6.07, 6.45) is 2.18. The van der Waals surface area contributed by atoms with Crippen LogP contribution in [0.4, 0.5) is 0 Å². The van der Waals surface area contributed by atoms with Crippen molar-refractivity contribution in [3.63, 3.8) is 0 Å². The van der Waals surface area contributed by atoms with Gasteiger partial charge in [-0.2, -0.15) is 0 Å². The molecular weight excluding hydrogens is 344 g/mol. The first-order valence-electron chi connectivity index (χ1n) is 7.61. The molecule has 1 aliphatic rings. The predicted molar refractivity (Wildman–Crippen MR) is 90.7 cm³/mol. The van der Waals surface area contributed by atoms with E-state index in [0.29, 0.717) is 13.0 Å². The summed E-state index contributed by atoms with van der Waals surface area (Å²) in [7, 11) is -1.48. The van der Waals surface area contributed by atoms with E-state index in [1.54, 1.807) is 11.9 Å². The fourth-order valence-electron chi connectivity index (χ4n) is 2.49. The van der Waals surface area contributed by atoms with Crippen LogP contribution in [0.5, 0.6) is 0 Å². The van der Waals surface area contributed by atoms with Crippen molar-refractivity contribution in [1.82, 2.24) is 9.80 Å². The average molecular weight is 371 g/mol. The van der Waals surface area contributed by atoms with Crippen molar-refractivity contribution >= 4 is 34.1 Å². The topological polar surface area (TPSA) is 95.0 Å². The zero-order valence-corrected chi connectivity index (χ0v) is 15.5. The molecule has 0 saturated carbocycles. The minimum atomic E-state index is -3.06. The van der Waals surface area contributed by atoms with Gasteiger partial charge in [-0.15, -0.1) is 12.4 Å². The quantitative estimate of drug-likeness (QED) is 0.673. The largest absolute Gasteiger partial charge is 0.480 e. The first-order chi connectivity index (χ1) is 10.2. The van der Waals surface area contributed by atoms with Gasteiger partial charge in [-0.1, -0.05) is 13.3 Å². The summed E-state index contributed by atoms with van der Waals surface area (Å²) >= 11 is 0. The number of halogens is 1. The van der Waals surface area contributed by atoms with Crippen LogP contribution in [0.1, 0.15) is 33.1 Å². The zero-order chi connectivity index (χ0) is 16.9. The Kier molecular flexibility index (Phi) is 9.09. The van der Waals surface area contributed by atoms with Gasteiger partial charge in [0.05, 0.1) is 18.1 Å². The van der Waals surface area contributed by atoms with Crippen LogP contribution in [0.25, 0.3) is 0 Å². The van der Waals surface area contributed by atoms with Crippen LogP contribution in [0.2, 0.25) is 0 Å². The number of carbonyl (C=O) groups excluding carboxylic acids is 1. The molecule has 1 aliphatic heterocycles. The van der Waals surface area contributed by atoms with Gasteiger partial charge in [0.15, 0.2) is 9.84 Å². The van der Waals surface area contributed by atoms with Crippen LogP contribution in [-0.2, 0) is 19.4 Å². The molecule has 0 radical (unpaired) electrons. The molecule has 2 atom stereocenters. The minimum absolute atomic E-state index is 0. The summed E-state index contributed by atoms with van der Waals surface area (Å²) in [6.45, 7) is 4.03. The highest BCUT2D eigenvalue weighted by atomic mass is 35.5. The summed E-state index contributed by atoms with van der Waals surface area (Å²) in [5, 5.41) is 8.98. The van der Waals surface area contributed by atoms with Gasteiger partial charge >= 0.3 is 5.97 Å². The van der Waals surface area contributed by atoms with E-state index in [0.717, 1.165) is 12.8 Å². The fourth-order valence-corrected chi connectivity index (χ4v) is 4.22. The number of amides is 1. The van der Waals surface area contributed by atoms with E-state index in [-0.39, 0.29) is 42.4 Å². The molecule has 136 valence electrons. The standard InChI is InChI=1S/C14H26N2O5S.ClH/c1-4-5-7-16(12-6-8-22(20,21)10-12)13(17)9-15(3)11(2)14(18)19;/h11-12H,4-10H2,1-3H3,(H,18,19);1H. The molecule has 0 aromatic carbocycles. The van der Waals surface area contributed by atoms with Crippen LogP contribution in [0, 0.1) is 0 Å². The van der Waals surface area contributed by atoms with E-state index in [1.807, 2.05) is 6.92 Å². The molecule has 0 spiro atoms. The number of carboxylic acid groups (broad SMARTS) is 1. The SMILES string of the molecule is CCCCN(C(=O)CN(C)C(C)C(=O)O)C1CCS(=O)(=O)C1.Cl. The summed E-state index contributed by atoms with van der Waals surface area (Å²) in [5.74, 6) is -1.06. The lowest BCUT2D eigenvalue weighted by molar-refractivity contribution is -0.143. The molecule has 2 unspecified atom stereocenters. The lowest BCUT2D eigenvalue weighted by Gasteiger charge is -2.31. The third-order valence-corrected chi connectivity index (χ3v) is 5.88. The molecule has 0 aromatic heterocycles. The van der Waals surface area contributed by atoms with E-state index < -0.39 is 21.8 Å². The van der Waals surface area contributed by atoms with Crippen LogP contribution < -0.4 is 0 Å².